The number of anilines is 1. The fourth-order valence-corrected chi connectivity index (χ4v) is 2.61. The first kappa shape index (κ1) is 15.3. The minimum Gasteiger partial charge on any atom is -0.480 e. The summed E-state index contributed by atoms with van der Waals surface area (Å²) in [6, 6.07) is 9.79. The maximum atomic E-state index is 10.2. The minimum absolute atomic E-state index is 0.0874. The van der Waals surface area contributed by atoms with Crippen molar-refractivity contribution in [2.24, 2.45) is 0 Å². The Morgan fingerprint density at radius 3 is 2.61 bits per heavy atom. The van der Waals surface area contributed by atoms with Crippen LogP contribution in [0.5, 0.6) is 6.01 Å². The monoisotopic (exact) mass is 311 g/mol. The Kier molecular flexibility index (Phi) is 4.41. The molecule has 2 aromatic heterocycles. The third-order valence-electron chi connectivity index (χ3n) is 3.84. The third-order valence-corrected chi connectivity index (χ3v) is 3.84. The fraction of sp³-hybridized carbons (Fsp3) is 0.353. The molecule has 0 amide bonds. The molecule has 0 aliphatic rings. The lowest BCUT2D eigenvalue weighted by Gasteiger charge is -2.06. The number of aromatic nitrogens is 4. The Balaban J connectivity index is 1.98. The zero-order valence-corrected chi connectivity index (χ0v) is 13.2. The summed E-state index contributed by atoms with van der Waals surface area (Å²) in [5.74, 6) is 1.03. The van der Waals surface area contributed by atoms with Crippen LogP contribution < -0.4 is 5.73 Å². The van der Waals surface area contributed by atoms with Crippen LogP contribution in [0.3, 0.4) is 0 Å². The molecule has 0 unspecified atom stereocenters. The number of hydrogen-bond acceptors (Lipinski definition) is 5. The van der Waals surface area contributed by atoms with Crippen LogP contribution in [-0.4, -0.2) is 24.6 Å². The second kappa shape index (κ2) is 6.64. The average molecular weight is 311 g/mol. The number of fused-ring (bicyclic) bond motifs is 1. The van der Waals surface area contributed by atoms with Crippen molar-refractivity contribution in [3.05, 3.63) is 41.7 Å². The van der Waals surface area contributed by atoms with Crippen LogP contribution >= 0.6 is 0 Å². The number of unbranched alkanes of at least 4 members (excludes halogenated alkanes) is 2. The summed E-state index contributed by atoms with van der Waals surface area (Å²) in [4.78, 5) is 13.0. The highest BCUT2D eigenvalue weighted by Gasteiger charge is 2.16. The van der Waals surface area contributed by atoms with Crippen LogP contribution in [0.1, 0.15) is 37.6 Å². The van der Waals surface area contributed by atoms with Gasteiger partial charge in [-0.2, -0.15) is 4.98 Å². The Morgan fingerprint density at radius 2 is 1.87 bits per heavy atom. The zero-order chi connectivity index (χ0) is 16.2. The summed E-state index contributed by atoms with van der Waals surface area (Å²) < 4.78 is 1.67. The molecule has 3 N–H and O–H groups in total. The van der Waals surface area contributed by atoms with Crippen molar-refractivity contribution in [2.45, 2.75) is 39.2 Å². The number of imidazole rings is 1. The number of nitrogens with zero attached hydrogens (tertiary/aromatic N) is 4. The van der Waals surface area contributed by atoms with Crippen molar-refractivity contribution in [2.75, 3.05) is 5.73 Å². The average Bonchev–Trinajstić information content (AvgIpc) is 2.86. The highest BCUT2D eigenvalue weighted by Crippen LogP contribution is 2.24. The molecular weight excluding hydrogens is 290 g/mol. The van der Waals surface area contributed by atoms with Gasteiger partial charge in [0.15, 0.2) is 17.0 Å². The van der Waals surface area contributed by atoms with Gasteiger partial charge in [0.05, 0.1) is 6.54 Å². The number of benzene rings is 1. The summed E-state index contributed by atoms with van der Waals surface area (Å²) in [5.41, 5.74) is 8.11. The van der Waals surface area contributed by atoms with Gasteiger partial charge in [0.25, 0.3) is 6.01 Å². The van der Waals surface area contributed by atoms with Crippen molar-refractivity contribution >= 4 is 17.0 Å². The van der Waals surface area contributed by atoms with Gasteiger partial charge in [-0.15, -0.1) is 0 Å². The number of nitrogen functional groups attached to an aromatic ring is 1. The highest BCUT2D eigenvalue weighted by atomic mass is 16.3. The van der Waals surface area contributed by atoms with Gasteiger partial charge in [0, 0.05) is 6.42 Å². The van der Waals surface area contributed by atoms with Gasteiger partial charge in [0.2, 0.25) is 0 Å². The molecule has 6 heteroatoms. The van der Waals surface area contributed by atoms with Crippen LogP contribution in [0.25, 0.3) is 11.2 Å². The van der Waals surface area contributed by atoms with E-state index in [1.165, 1.54) is 0 Å². The van der Waals surface area contributed by atoms with Crippen LogP contribution in [-0.2, 0) is 13.0 Å². The summed E-state index contributed by atoms with van der Waals surface area (Å²) in [7, 11) is 0. The van der Waals surface area contributed by atoms with Crippen molar-refractivity contribution < 1.29 is 5.11 Å². The van der Waals surface area contributed by atoms with Crippen molar-refractivity contribution in [1.29, 1.82) is 0 Å². The quantitative estimate of drug-likeness (QED) is 0.683. The number of aryl methyl sites for hydroxylation is 1. The molecule has 23 heavy (non-hydrogen) atoms. The molecule has 0 aliphatic carbocycles. The van der Waals surface area contributed by atoms with Crippen molar-refractivity contribution in [3.8, 4) is 6.01 Å². The molecule has 0 saturated heterocycles. The molecule has 0 saturated carbocycles. The lowest BCUT2D eigenvalue weighted by molar-refractivity contribution is 0.408. The molecule has 0 atom stereocenters. The maximum Gasteiger partial charge on any atom is 0.296 e. The first-order valence-corrected chi connectivity index (χ1v) is 7.94. The Labute approximate surface area is 135 Å². The van der Waals surface area contributed by atoms with Crippen LogP contribution in [0, 0.1) is 0 Å². The predicted octanol–water partition coefficient (Wildman–Crippen LogP) is 2.90. The minimum atomic E-state index is -0.0874. The Hall–Kier alpha value is -2.63. The van der Waals surface area contributed by atoms with Crippen molar-refractivity contribution in [3.63, 3.8) is 0 Å². The number of nitrogens with two attached hydrogens (primary N) is 1. The SMILES string of the molecule is CCCCCc1nc(N)c2nc(O)n(Cc3ccccc3)c2n1. The smallest absolute Gasteiger partial charge is 0.296 e. The van der Waals surface area contributed by atoms with Gasteiger partial charge < -0.3 is 10.8 Å². The second-order valence-electron chi connectivity index (χ2n) is 5.64. The summed E-state index contributed by atoms with van der Waals surface area (Å²) >= 11 is 0. The lowest BCUT2D eigenvalue weighted by Crippen LogP contribution is -2.05. The van der Waals surface area contributed by atoms with E-state index in [9.17, 15) is 5.11 Å². The standard InChI is InChI=1S/C17H21N5O/c1-2-3-5-10-13-19-15(18)14-16(20-13)22(17(23)21-14)11-12-8-6-4-7-9-12/h4,6-9H,2-3,5,10-11H2,1H3,(H,21,23)(H2,18,19,20). The van der Waals surface area contributed by atoms with Gasteiger partial charge in [-0.25, -0.2) is 9.97 Å². The molecule has 1 aromatic carbocycles. The van der Waals surface area contributed by atoms with E-state index in [-0.39, 0.29) is 6.01 Å². The van der Waals surface area contributed by atoms with Gasteiger partial charge >= 0.3 is 0 Å². The summed E-state index contributed by atoms with van der Waals surface area (Å²) in [6.45, 7) is 2.65. The molecule has 0 aliphatic heterocycles. The van der Waals surface area contributed by atoms with Gasteiger partial charge in [0.1, 0.15) is 5.82 Å². The molecular formula is C17H21N5O. The van der Waals surface area contributed by atoms with E-state index in [2.05, 4.69) is 21.9 Å². The van der Waals surface area contributed by atoms with E-state index in [0.717, 1.165) is 31.2 Å². The highest BCUT2D eigenvalue weighted by molar-refractivity contribution is 5.82. The van der Waals surface area contributed by atoms with Crippen molar-refractivity contribution in [1.82, 2.24) is 19.5 Å². The van der Waals surface area contributed by atoms with Crippen LogP contribution in [0.15, 0.2) is 30.3 Å². The van der Waals surface area contributed by atoms with E-state index in [1.807, 2.05) is 30.3 Å². The topological polar surface area (TPSA) is 89.9 Å². The summed E-state index contributed by atoms with van der Waals surface area (Å²) in [5, 5.41) is 10.2. The maximum absolute atomic E-state index is 10.2. The molecule has 2 heterocycles. The van der Waals surface area contributed by atoms with E-state index >= 15 is 0 Å². The Bertz CT molecular complexity index is 798. The number of hydrogen-bond donors (Lipinski definition) is 2. The van der Waals surface area contributed by atoms with Crippen LogP contribution in [0.2, 0.25) is 0 Å². The third kappa shape index (κ3) is 3.26. The molecule has 0 fully saturated rings. The normalized spacial score (nSPS) is 11.2. The predicted molar refractivity (Wildman–Crippen MR) is 90.2 cm³/mol. The first-order chi connectivity index (χ1) is 11.2. The first-order valence-electron chi connectivity index (χ1n) is 7.94. The van der Waals surface area contributed by atoms with Gasteiger partial charge in [-0.3, -0.25) is 4.57 Å². The van der Waals surface area contributed by atoms with E-state index in [1.54, 1.807) is 4.57 Å². The van der Waals surface area contributed by atoms with E-state index in [4.69, 9.17) is 5.73 Å². The summed E-state index contributed by atoms with van der Waals surface area (Å²) in [6.07, 6.45) is 4.09. The largest absolute Gasteiger partial charge is 0.480 e. The molecule has 120 valence electrons. The zero-order valence-electron chi connectivity index (χ0n) is 13.2. The molecule has 6 nitrogen and oxygen atoms in total. The molecule has 0 spiro atoms. The number of aromatic hydroxyl groups is 1. The Morgan fingerprint density at radius 1 is 1.09 bits per heavy atom. The lowest BCUT2D eigenvalue weighted by atomic mass is 10.2. The fourth-order valence-electron chi connectivity index (χ4n) is 2.61. The van der Waals surface area contributed by atoms with Gasteiger partial charge in [-0.1, -0.05) is 50.1 Å². The van der Waals surface area contributed by atoms with Gasteiger partial charge in [-0.05, 0) is 12.0 Å². The number of rotatable bonds is 6. The van der Waals surface area contributed by atoms with Crippen LogP contribution in [0.4, 0.5) is 5.82 Å². The molecule has 0 bridgehead atoms. The van der Waals surface area contributed by atoms with E-state index < -0.39 is 0 Å². The van der Waals surface area contributed by atoms with E-state index in [0.29, 0.717) is 29.4 Å². The molecule has 0 radical (unpaired) electrons. The second-order valence-corrected chi connectivity index (χ2v) is 5.64. The molecule has 3 rings (SSSR count). The molecule has 3 aromatic rings.